The Morgan fingerprint density at radius 3 is 2.45 bits per heavy atom. The summed E-state index contributed by atoms with van der Waals surface area (Å²) in [7, 11) is 0. The highest BCUT2D eigenvalue weighted by Crippen LogP contribution is 2.29. The topological polar surface area (TPSA) is 24.9 Å². The summed E-state index contributed by atoms with van der Waals surface area (Å²) in [6.07, 6.45) is 1.79. The molecule has 0 aliphatic heterocycles. The molecule has 2 aromatic heterocycles. The maximum Gasteiger partial charge on any atom is 0.129 e. The van der Waals surface area contributed by atoms with E-state index in [4.69, 9.17) is 23.2 Å². The molecule has 1 N–H and O–H groups in total. The van der Waals surface area contributed by atoms with E-state index < -0.39 is 0 Å². The molecule has 3 aromatic rings. The summed E-state index contributed by atoms with van der Waals surface area (Å²) < 4.78 is 0. The molecule has 112 valence electrons. The molecule has 0 atom stereocenters. The molecule has 0 spiro atoms. The minimum Gasteiger partial charge on any atom is -0.308 e. The summed E-state index contributed by atoms with van der Waals surface area (Å²) in [6.45, 7) is 1.61. The van der Waals surface area contributed by atoms with Gasteiger partial charge in [-0.05, 0) is 41.5 Å². The number of hydrogen-bond acceptors (Lipinski definition) is 3. The lowest BCUT2D eigenvalue weighted by molar-refractivity contribution is 0.699. The third-order valence-corrected chi connectivity index (χ3v) is 4.82. The van der Waals surface area contributed by atoms with E-state index in [0.29, 0.717) is 5.15 Å². The van der Waals surface area contributed by atoms with Gasteiger partial charge in [0.15, 0.2) is 0 Å². The molecule has 0 radical (unpaired) electrons. The van der Waals surface area contributed by atoms with Crippen molar-refractivity contribution < 1.29 is 0 Å². The van der Waals surface area contributed by atoms with E-state index >= 15 is 0 Å². The van der Waals surface area contributed by atoms with Crippen LogP contribution in [0.5, 0.6) is 0 Å². The van der Waals surface area contributed by atoms with Crippen LogP contribution in [-0.4, -0.2) is 4.98 Å². The van der Waals surface area contributed by atoms with Gasteiger partial charge in [-0.1, -0.05) is 41.4 Å². The normalized spacial score (nSPS) is 10.8. The predicted molar refractivity (Wildman–Crippen MR) is 94.6 cm³/mol. The van der Waals surface area contributed by atoms with Crippen LogP contribution < -0.4 is 5.32 Å². The third kappa shape index (κ3) is 4.08. The second kappa shape index (κ2) is 7.25. The first-order valence-electron chi connectivity index (χ1n) is 6.86. The molecule has 0 amide bonds. The van der Waals surface area contributed by atoms with Crippen molar-refractivity contribution in [1.82, 2.24) is 10.3 Å². The van der Waals surface area contributed by atoms with Crippen LogP contribution in [-0.2, 0) is 13.1 Å². The maximum atomic E-state index is 5.92. The van der Waals surface area contributed by atoms with Gasteiger partial charge in [0.2, 0.25) is 0 Å². The highest BCUT2D eigenvalue weighted by molar-refractivity contribution is 7.15. The monoisotopic (exact) mass is 348 g/mol. The summed E-state index contributed by atoms with van der Waals surface area (Å²) >= 11 is 13.5. The van der Waals surface area contributed by atoms with Crippen molar-refractivity contribution >= 4 is 34.5 Å². The summed E-state index contributed by atoms with van der Waals surface area (Å²) in [5.74, 6) is 0. The summed E-state index contributed by atoms with van der Waals surface area (Å²) in [6, 6.07) is 16.0. The van der Waals surface area contributed by atoms with Gasteiger partial charge < -0.3 is 5.32 Å². The Kier molecular flexibility index (Phi) is 5.11. The molecule has 0 aliphatic carbocycles. The number of hydrogen-bond donors (Lipinski definition) is 1. The Morgan fingerprint density at radius 1 is 0.909 bits per heavy atom. The van der Waals surface area contributed by atoms with E-state index in [9.17, 15) is 0 Å². The zero-order chi connectivity index (χ0) is 15.4. The SMILES string of the molecule is Clc1ccc(-c2ccc(CNCc3ccc(Cl)nc3)s2)cc1. The number of nitrogens with one attached hydrogen (secondary N) is 1. The van der Waals surface area contributed by atoms with Gasteiger partial charge in [-0.25, -0.2) is 4.98 Å². The van der Waals surface area contributed by atoms with Gasteiger partial charge in [0.05, 0.1) is 0 Å². The molecule has 0 unspecified atom stereocenters. The number of halogens is 2. The molecule has 3 rings (SSSR count). The largest absolute Gasteiger partial charge is 0.308 e. The van der Waals surface area contributed by atoms with Crippen molar-refractivity contribution in [2.75, 3.05) is 0 Å². The van der Waals surface area contributed by atoms with Crippen LogP contribution in [0.15, 0.2) is 54.7 Å². The summed E-state index contributed by atoms with van der Waals surface area (Å²) in [5, 5.41) is 4.70. The lowest BCUT2D eigenvalue weighted by Crippen LogP contribution is -2.11. The lowest BCUT2D eigenvalue weighted by Gasteiger charge is -2.03. The first kappa shape index (κ1) is 15.5. The van der Waals surface area contributed by atoms with Crippen molar-refractivity contribution in [3.63, 3.8) is 0 Å². The van der Waals surface area contributed by atoms with Crippen LogP contribution in [0.2, 0.25) is 10.2 Å². The molecular weight excluding hydrogens is 335 g/mol. The molecule has 0 fully saturated rings. The first-order chi connectivity index (χ1) is 10.7. The molecule has 22 heavy (non-hydrogen) atoms. The molecule has 2 nitrogen and oxygen atoms in total. The number of benzene rings is 1. The second-order valence-corrected chi connectivity index (χ2v) is 6.86. The quantitative estimate of drug-likeness (QED) is 0.623. The fraction of sp³-hybridized carbons (Fsp3) is 0.118. The van der Waals surface area contributed by atoms with Crippen LogP contribution in [0.4, 0.5) is 0 Å². The predicted octanol–water partition coefficient (Wildman–Crippen LogP) is 5.41. The summed E-state index contributed by atoms with van der Waals surface area (Å²) in [5.41, 5.74) is 2.32. The molecule has 0 bridgehead atoms. The maximum absolute atomic E-state index is 5.92. The van der Waals surface area contributed by atoms with Gasteiger partial charge >= 0.3 is 0 Å². The zero-order valence-corrected chi connectivity index (χ0v) is 14.1. The van der Waals surface area contributed by atoms with Crippen LogP contribution >= 0.6 is 34.5 Å². The van der Waals surface area contributed by atoms with Crippen LogP contribution in [0.3, 0.4) is 0 Å². The van der Waals surface area contributed by atoms with Crippen LogP contribution in [0, 0.1) is 0 Å². The third-order valence-electron chi connectivity index (χ3n) is 3.21. The minimum atomic E-state index is 0.523. The fourth-order valence-electron chi connectivity index (χ4n) is 2.08. The molecule has 2 heterocycles. The molecule has 0 aliphatic rings. The number of pyridine rings is 1. The van der Waals surface area contributed by atoms with E-state index in [2.05, 4.69) is 22.4 Å². The Labute approximate surface area is 143 Å². The van der Waals surface area contributed by atoms with Crippen LogP contribution in [0.25, 0.3) is 10.4 Å². The molecule has 5 heteroatoms. The van der Waals surface area contributed by atoms with Crippen molar-refractivity contribution in [2.24, 2.45) is 0 Å². The fourth-order valence-corrected chi connectivity index (χ4v) is 3.30. The number of nitrogens with zero attached hydrogens (tertiary/aromatic N) is 1. The lowest BCUT2D eigenvalue weighted by atomic mass is 10.2. The van der Waals surface area contributed by atoms with E-state index in [1.807, 2.05) is 36.4 Å². The van der Waals surface area contributed by atoms with E-state index in [1.165, 1.54) is 15.3 Å². The van der Waals surface area contributed by atoms with Crippen molar-refractivity contribution in [3.8, 4) is 10.4 Å². The van der Waals surface area contributed by atoms with E-state index in [1.54, 1.807) is 17.5 Å². The standard InChI is InChI=1S/C17H14Cl2N2S/c18-14-4-2-13(3-5-14)16-7-6-15(22-16)11-20-9-12-1-8-17(19)21-10-12/h1-8,10,20H,9,11H2. The van der Waals surface area contributed by atoms with Gasteiger partial charge in [0.25, 0.3) is 0 Å². The summed E-state index contributed by atoms with van der Waals surface area (Å²) in [4.78, 5) is 6.62. The van der Waals surface area contributed by atoms with E-state index in [0.717, 1.165) is 23.7 Å². The van der Waals surface area contributed by atoms with Gasteiger partial charge in [-0.3, -0.25) is 0 Å². The van der Waals surface area contributed by atoms with Crippen molar-refractivity contribution in [1.29, 1.82) is 0 Å². The van der Waals surface area contributed by atoms with Gasteiger partial charge in [-0.2, -0.15) is 0 Å². The number of thiophene rings is 1. The van der Waals surface area contributed by atoms with Gasteiger partial charge in [0, 0.05) is 34.1 Å². The van der Waals surface area contributed by atoms with Crippen molar-refractivity contribution in [2.45, 2.75) is 13.1 Å². The van der Waals surface area contributed by atoms with E-state index in [-0.39, 0.29) is 0 Å². The van der Waals surface area contributed by atoms with Crippen LogP contribution in [0.1, 0.15) is 10.4 Å². The molecule has 0 saturated heterocycles. The zero-order valence-electron chi connectivity index (χ0n) is 11.7. The molecular formula is C17H14Cl2N2S. The second-order valence-electron chi connectivity index (χ2n) is 4.87. The smallest absolute Gasteiger partial charge is 0.129 e. The average Bonchev–Trinajstić information content (AvgIpc) is 2.99. The Hall–Kier alpha value is -1.39. The van der Waals surface area contributed by atoms with Gasteiger partial charge in [0.1, 0.15) is 5.15 Å². The Bertz CT molecular complexity index is 736. The molecule has 0 saturated carbocycles. The number of aromatic nitrogens is 1. The first-order valence-corrected chi connectivity index (χ1v) is 8.44. The average molecular weight is 349 g/mol. The molecule has 1 aromatic carbocycles. The highest BCUT2D eigenvalue weighted by Gasteiger charge is 2.03. The minimum absolute atomic E-state index is 0.523. The van der Waals surface area contributed by atoms with Gasteiger partial charge in [-0.15, -0.1) is 11.3 Å². The Balaban J connectivity index is 1.57. The highest BCUT2D eigenvalue weighted by atomic mass is 35.5. The Morgan fingerprint density at radius 2 is 1.73 bits per heavy atom. The van der Waals surface area contributed by atoms with Crippen molar-refractivity contribution in [3.05, 3.63) is 75.3 Å². The number of rotatable bonds is 5.